The van der Waals surface area contributed by atoms with Crippen LogP contribution in [0, 0.1) is 40.7 Å². The van der Waals surface area contributed by atoms with Crippen LogP contribution in [0.5, 0.6) is 0 Å². The molecule has 1 aliphatic carbocycles. The fourth-order valence-electron chi connectivity index (χ4n) is 3.17. The Hall–Kier alpha value is -0.820. The van der Waals surface area contributed by atoms with Crippen LogP contribution in [0.4, 0.5) is 0 Å². The fourth-order valence-corrected chi connectivity index (χ4v) is 3.17. The second kappa shape index (κ2) is 8.87. The summed E-state index contributed by atoms with van der Waals surface area (Å²) in [6.07, 6.45) is 7.98. The van der Waals surface area contributed by atoms with Gasteiger partial charge in [0.1, 0.15) is 0 Å². The third kappa shape index (κ3) is 4.38. The number of rotatable bonds is 2. The van der Waals surface area contributed by atoms with E-state index >= 15 is 0 Å². The third-order valence-electron chi connectivity index (χ3n) is 5.20. The van der Waals surface area contributed by atoms with Crippen LogP contribution in [0.15, 0.2) is 24.3 Å². The monoisotopic (exact) mass is 472 g/mol. The number of hydrogen-bond acceptors (Lipinski definition) is 0. The maximum absolute atomic E-state index is 3.40. The van der Waals surface area contributed by atoms with E-state index in [2.05, 4.69) is 78.0 Å². The molecule has 2 aromatic rings. The molecule has 0 nitrogen and oxygen atoms in total. The molecule has 0 fully saturated rings. The average Bonchev–Trinajstić information content (AvgIpc) is 3.01. The summed E-state index contributed by atoms with van der Waals surface area (Å²) >= 11 is 0. The summed E-state index contributed by atoms with van der Waals surface area (Å²) in [5.41, 5.74) is 10.2. The van der Waals surface area contributed by atoms with Gasteiger partial charge in [-0.15, -0.1) is 11.6 Å². The molecule has 0 radical (unpaired) electrons. The zero-order chi connectivity index (χ0) is 16.3. The molecular formula is C22H28Hf-2. The molecule has 0 N–H and O–H groups in total. The van der Waals surface area contributed by atoms with Gasteiger partial charge in [0.15, 0.2) is 0 Å². The Morgan fingerprint density at radius 2 is 1.57 bits per heavy atom. The molecule has 122 valence electrons. The Labute approximate surface area is 161 Å². The molecule has 23 heavy (non-hydrogen) atoms. The number of hydrogen-bond donors (Lipinski definition) is 0. The van der Waals surface area contributed by atoms with Crippen molar-refractivity contribution in [2.45, 2.75) is 60.3 Å². The Bertz CT molecular complexity index is 593. The molecule has 0 spiro atoms. The summed E-state index contributed by atoms with van der Waals surface area (Å²) < 4.78 is 0. The van der Waals surface area contributed by atoms with Crippen LogP contribution in [-0.4, -0.2) is 0 Å². The number of benzene rings is 1. The van der Waals surface area contributed by atoms with Gasteiger partial charge < -0.3 is 0 Å². The Balaban J connectivity index is 0.000000224. The Kier molecular flexibility index (Phi) is 7.80. The first-order valence-electron chi connectivity index (χ1n) is 8.35. The molecule has 0 saturated heterocycles. The molecule has 0 amide bonds. The van der Waals surface area contributed by atoms with E-state index in [4.69, 9.17) is 0 Å². The summed E-state index contributed by atoms with van der Waals surface area (Å²) in [5.74, 6) is 0.561. The predicted octanol–water partition coefficient (Wildman–Crippen LogP) is 6.35. The van der Waals surface area contributed by atoms with Crippen LogP contribution >= 0.6 is 0 Å². The van der Waals surface area contributed by atoms with Gasteiger partial charge in [0, 0.05) is 25.8 Å². The van der Waals surface area contributed by atoms with E-state index in [0.717, 1.165) is 0 Å². The van der Waals surface area contributed by atoms with Gasteiger partial charge in [-0.25, -0.2) is 6.08 Å². The summed E-state index contributed by atoms with van der Waals surface area (Å²) in [7, 11) is 0. The first-order valence-corrected chi connectivity index (χ1v) is 8.35. The van der Waals surface area contributed by atoms with Crippen LogP contribution in [0.25, 0.3) is 6.08 Å². The molecule has 2 aromatic carbocycles. The SMILES string of the molecule is CCCC1[C-]=Cc2ccccc21.Cc1c(C)c(C)[c-](C)c1C.[Hf]. The Morgan fingerprint density at radius 1 is 1.00 bits per heavy atom. The van der Waals surface area contributed by atoms with Crippen molar-refractivity contribution in [1.82, 2.24) is 0 Å². The molecule has 0 aromatic heterocycles. The first kappa shape index (κ1) is 20.2. The van der Waals surface area contributed by atoms with Gasteiger partial charge in [-0.2, -0.15) is 33.4 Å². The minimum atomic E-state index is 0. The van der Waals surface area contributed by atoms with Crippen LogP contribution in [-0.2, 0) is 25.8 Å². The van der Waals surface area contributed by atoms with E-state index in [1.165, 1.54) is 51.8 Å². The van der Waals surface area contributed by atoms with E-state index in [0.29, 0.717) is 5.92 Å². The van der Waals surface area contributed by atoms with Gasteiger partial charge in [-0.05, 0) is 0 Å². The van der Waals surface area contributed by atoms with Gasteiger partial charge in [0.2, 0.25) is 0 Å². The quantitative estimate of drug-likeness (QED) is 0.354. The van der Waals surface area contributed by atoms with Crippen molar-refractivity contribution in [3.63, 3.8) is 0 Å². The van der Waals surface area contributed by atoms with Gasteiger partial charge in [0.05, 0.1) is 0 Å². The molecule has 1 aliphatic rings. The minimum Gasteiger partial charge on any atom is -0.268 e. The van der Waals surface area contributed by atoms with Crippen LogP contribution in [0.1, 0.15) is 64.6 Å². The third-order valence-corrected chi connectivity index (χ3v) is 5.20. The standard InChI is InChI=1S/C12H13.C10H15.Hf/c1-2-5-10-8-9-11-6-3-4-7-12(10)11;1-6-7(2)9(4)10(5)8(6)3;/h3-4,6-7,9-10H,2,5H2,1H3;1-5H3;/q2*-1;. The molecule has 1 unspecified atom stereocenters. The van der Waals surface area contributed by atoms with E-state index in [1.807, 2.05) is 0 Å². The fraction of sp³-hybridized carbons (Fsp3) is 0.409. The zero-order valence-electron chi connectivity index (χ0n) is 15.4. The van der Waals surface area contributed by atoms with E-state index < -0.39 is 0 Å². The molecule has 0 heterocycles. The maximum Gasteiger partial charge on any atom is 0 e. The molecule has 1 atom stereocenters. The second-order valence-electron chi connectivity index (χ2n) is 6.41. The van der Waals surface area contributed by atoms with E-state index in [1.54, 1.807) is 0 Å². The van der Waals surface area contributed by atoms with Crippen molar-refractivity contribution in [1.29, 1.82) is 0 Å². The van der Waals surface area contributed by atoms with Crippen molar-refractivity contribution >= 4 is 6.08 Å². The smallest absolute Gasteiger partial charge is 0 e. The summed E-state index contributed by atoms with van der Waals surface area (Å²) in [4.78, 5) is 0. The summed E-state index contributed by atoms with van der Waals surface area (Å²) in [5, 5.41) is 0. The van der Waals surface area contributed by atoms with E-state index in [-0.39, 0.29) is 25.8 Å². The molecule has 3 rings (SSSR count). The topological polar surface area (TPSA) is 0 Å². The summed E-state index contributed by atoms with van der Waals surface area (Å²) in [6, 6.07) is 8.58. The molecular weight excluding hydrogens is 443 g/mol. The summed E-state index contributed by atoms with van der Waals surface area (Å²) in [6.45, 7) is 13.2. The maximum atomic E-state index is 3.40. The molecule has 0 aliphatic heterocycles. The van der Waals surface area contributed by atoms with Crippen LogP contribution < -0.4 is 0 Å². The first-order chi connectivity index (χ1) is 10.5. The van der Waals surface area contributed by atoms with Crippen molar-refractivity contribution in [3.8, 4) is 0 Å². The van der Waals surface area contributed by atoms with Gasteiger partial charge in [-0.1, -0.05) is 78.5 Å². The zero-order valence-corrected chi connectivity index (χ0v) is 19.0. The van der Waals surface area contributed by atoms with Crippen molar-refractivity contribution in [2.75, 3.05) is 0 Å². The van der Waals surface area contributed by atoms with E-state index in [9.17, 15) is 0 Å². The van der Waals surface area contributed by atoms with Crippen LogP contribution in [0.2, 0.25) is 0 Å². The minimum absolute atomic E-state index is 0. The van der Waals surface area contributed by atoms with Gasteiger partial charge >= 0.3 is 0 Å². The van der Waals surface area contributed by atoms with Gasteiger partial charge in [0.25, 0.3) is 0 Å². The van der Waals surface area contributed by atoms with Crippen molar-refractivity contribution < 1.29 is 25.8 Å². The predicted molar refractivity (Wildman–Crippen MR) is 97.5 cm³/mol. The largest absolute Gasteiger partial charge is 0.268 e. The molecule has 1 heteroatoms. The van der Waals surface area contributed by atoms with Crippen molar-refractivity contribution in [3.05, 3.63) is 69.3 Å². The second-order valence-corrected chi connectivity index (χ2v) is 6.41. The van der Waals surface area contributed by atoms with Crippen molar-refractivity contribution in [2.24, 2.45) is 0 Å². The molecule has 0 bridgehead atoms. The normalized spacial score (nSPS) is 14.8. The van der Waals surface area contributed by atoms with Crippen LogP contribution in [0.3, 0.4) is 0 Å². The number of allylic oxidation sites excluding steroid dienone is 1. The average molecular weight is 471 g/mol. The number of fused-ring (bicyclic) bond motifs is 1. The Morgan fingerprint density at radius 3 is 2.04 bits per heavy atom. The van der Waals surface area contributed by atoms with Gasteiger partial charge in [-0.3, -0.25) is 6.08 Å². The molecule has 0 saturated carbocycles.